The molecule has 52 valence electrons. The number of hydrogen-bond donors (Lipinski definition) is 1. The summed E-state index contributed by atoms with van der Waals surface area (Å²) in [5, 5.41) is 8.83. The van der Waals surface area contributed by atoms with Gasteiger partial charge in [-0.3, -0.25) is 0 Å². The lowest BCUT2D eigenvalue weighted by molar-refractivity contribution is 0.0765. The fourth-order valence-corrected chi connectivity index (χ4v) is 0. The molecule has 0 heterocycles. The van der Waals surface area contributed by atoms with E-state index in [0.29, 0.717) is 0 Å². The summed E-state index contributed by atoms with van der Waals surface area (Å²) in [5.41, 5.74) is -0.458. The van der Waals surface area contributed by atoms with Crippen molar-refractivity contribution in [1.29, 1.82) is 0 Å². The molecular weight excluding hydrogens is 100 g/mol. The minimum absolute atomic E-state index is 0.458. The van der Waals surface area contributed by atoms with E-state index in [2.05, 4.69) is 0 Å². The van der Waals surface area contributed by atoms with Crippen molar-refractivity contribution in [3.05, 3.63) is 0 Å². The summed E-state index contributed by atoms with van der Waals surface area (Å²) >= 11 is 0. The van der Waals surface area contributed by atoms with Crippen LogP contribution in [-0.2, 0) is 0 Å². The van der Waals surface area contributed by atoms with Crippen LogP contribution in [-0.4, -0.2) is 10.7 Å². The van der Waals surface area contributed by atoms with E-state index in [9.17, 15) is 0 Å². The fourth-order valence-electron chi connectivity index (χ4n) is 0. The molecule has 8 heavy (non-hydrogen) atoms. The van der Waals surface area contributed by atoms with Crippen LogP contribution in [0.1, 0.15) is 41.0 Å². The molecule has 0 fully saturated rings. The zero-order chi connectivity index (χ0) is 7.21. The summed E-state index contributed by atoms with van der Waals surface area (Å²) in [6.07, 6.45) is 0.826. The Morgan fingerprint density at radius 3 is 1.38 bits per heavy atom. The maximum absolute atomic E-state index is 8.83. The molecule has 0 saturated carbocycles. The van der Waals surface area contributed by atoms with E-state index in [0.717, 1.165) is 6.42 Å². The summed E-state index contributed by atoms with van der Waals surface area (Å²) in [6, 6.07) is 0. The van der Waals surface area contributed by atoms with Crippen molar-refractivity contribution in [2.45, 2.75) is 46.6 Å². The largest absolute Gasteiger partial charge is 0.390 e. The topological polar surface area (TPSA) is 20.2 Å². The zero-order valence-corrected chi connectivity index (χ0v) is 6.65. The molecule has 0 aliphatic heterocycles. The molecule has 0 bridgehead atoms. The minimum Gasteiger partial charge on any atom is -0.390 e. The predicted molar refractivity (Wildman–Crippen MR) is 37.9 cm³/mol. The van der Waals surface area contributed by atoms with Crippen LogP contribution in [0.4, 0.5) is 0 Å². The standard InChI is InChI=1S/C5H12O.C2H6/c1-4-5(2,3)6;1-2/h6H,4H2,1-3H3;1-2H3. The van der Waals surface area contributed by atoms with Crippen LogP contribution in [0.25, 0.3) is 0 Å². The highest BCUT2D eigenvalue weighted by Crippen LogP contribution is 2.03. The highest BCUT2D eigenvalue weighted by atomic mass is 16.3. The van der Waals surface area contributed by atoms with Crippen LogP contribution < -0.4 is 0 Å². The quantitative estimate of drug-likeness (QED) is 0.559. The van der Waals surface area contributed by atoms with Gasteiger partial charge in [-0.2, -0.15) is 0 Å². The molecule has 0 aromatic rings. The van der Waals surface area contributed by atoms with Gasteiger partial charge in [0.15, 0.2) is 0 Å². The van der Waals surface area contributed by atoms with Gasteiger partial charge in [0.25, 0.3) is 0 Å². The van der Waals surface area contributed by atoms with Crippen molar-refractivity contribution in [3.8, 4) is 0 Å². The van der Waals surface area contributed by atoms with Gasteiger partial charge in [0.2, 0.25) is 0 Å². The second-order valence-electron chi connectivity index (χ2n) is 2.17. The van der Waals surface area contributed by atoms with Gasteiger partial charge in [-0.05, 0) is 20.3 Å². The summed E-state index contributed by atoms with van der Waals surface area (Å²) in [6.45, 7) is 9.56. The average Bonchev–Trinajstić information content (AvgIpc) is 1.71. The van der Waals surface area contributed by atoms with Crippen molar-refractivity contribution in [2.75, 3.05) is 0 Å². The molecule has 0 atom stereocenters. The van der Waals surface area contributed by atoms with Crippen molar-refractivity contribution < 1.29 is 5.11 Å². The van der Waals surface area contributed by atoms with Gasteiger partial charge in [-0.25, -0.2) is 0 Å². The monoisotopic (exact) mass is 118 g/mol. The summed E-state index contributed by atoms with van der Waals surface area (Å²) < 4.78 is 0. The van der Waals surface area contributed by atoms with Crippen LogP contribution in [0, 0.1) is 0 Å². The second kappa shape index (κ2) is 5.10. The first-order valence-electron chi connectivity index (χ1n) is 3.28. The van der Waals surface area contributed by atoms with Crippen molar-refractivity contribution in [1.82, 2.24) is 0 Å². The summed E-state index contributed by atoms with van der Waals surface area (Å²) in [4.78, 5) is 0. The molecule has 0 aliphatic carbocycles. The molecule has 0 rings (SSSR count). The molecule has 0 aromatic heterocycles. The second-order valence-corrected chi connectivity index (χ2v) is 2.17. The molecule has 0 amide bonds. The molecule has 0 radical (unpaired) electrons. The zero-order valence-electron chi connectivity index (χ0n) is 6.65. The fraction of sp³-hybridized carbons (Fsp3) is 1.00. The van der Waals surface area contributed by atoms with E-state index in [1.54, 1.807) is 13.8 Å². The van der Waals surface area contributed by atoms with Crippen LogP contribution in [0.2, 0.25) is 0 Å². The van der Waals surface area contributed by atoms with E-state index in [4.69, 9.17) is 5.11 Å². The van der Waals surface area contributed by atoms with E-state index >= 15 is 0 Å². The van der Waals surface area contributed by atoms with Gasteiger partial charge in [0.1, 0.15) is 0 Å². The first-order valence-corrected chi connectivity index (χ1v) is 3.28. The third-order valence-corrected chi connectivity index (χ3v) is 0.865. The Hall–Kier alpha value is -0.0400. The molecule has 0 aliphatic rings. The normalized spacial score (nSPS) is 9.75. The molecular formula is C7H18O. The Morgan fingerprint density at radius 2 is 1.38 bits per heavy atom. The van der Waals surface area contributed by atoms with E-state index in [1.807, 2.05) is 20.8 Å². The Labute approximate surface area is 52.7 Å². The Balaban J connectivity index is 0. The summed E-state index contributed by atoms with van der Waals surface area (Å²) in [7, 11) is 0. The SMILES string of the molecule is CC.CCC(C)(C)O. The lowest BCUT2D eigenvalue weighted by Gasteiger charge is -2.11. The third kappa shape index (κ3) is 16.7. The highest BCUT2D eigenvalue weighted by molar-refractivity contribution is 4.59. The van der Waals surface area contributed by atoms with Crippen LogP contribution in [0.3, 0.4) is 0 Å². The van der Waals surface area contributed by atoms with Crippen molar-refractivity contribution in [2.24, 2.45) is 0 Å². The van der Waals surface area contributed by atoms with Gasteiger partial charge < -0.3 is 5.11 Å². The number of rotatable bonds is 1. The molecule has 0 saturated heterocycles. The van der Waals surface area contributed by atoms with Gasteiger partial charge in [0, 0.05) is 0 Å². The third-order valence-electron chi connectivity index (χ3n) is 0.865. The van der Waals surface area contributed by atoms with Crippen molar-refractivity contribution in [3.63, 3.8) is 0 Å². The molecule has 1 nitrogen and oxygen atoms in total. The lowest BCUT2D eigenvalue weighted by atomic mass is 10.1. The Kier molecular flexibility index (Phi) is 6.93. The number of aliphatic hydroxyl groups is 1. The lowest BCUT2D eigenvalue weighted by Crippen LogP contribution is -2.15. The van der Waals surface area contributed by atoms with Gasteiger partial charge in [-0.15, -0.1) is 0 Å². The summed E-state index contributed by atoms with van der Waals surface area (Å²) in [5.74, 6) is 0. The first-order chi connectivity index (χ1) is 3.56. The molecule has 0 spiro atoms. The molecule has 0 aromatic carbocycles. The van der Waals surface area contributed by atoms with Crippen LogP contribution >= 0.6 is 0 Å². The average molecular weight is 118 g/mol. The van der Waals surface area contributed by atoms with Gasteiger partial charge in [0.05, 0.1) is 5.60 Å². The maximum Gasteiger partial charge on any atom is 0.0589 e. The Morgan fingerprint density at radius 1 is 1.25 bits per heavy atom. The Bertz CT molecular complexity index is 34.1. The van der Waals surface area contributed by atoms with E-state index < -0.39 is 5.60 Å². The van der Waals surface area contributed by atoms with E-state index in [1.165, 1.54) is 0 Å². The van der Waals surface area contributed by atoms with Crippen LogP contribution in [0.5, 0.6) is 0 Å². The minimum atomic E-state index is -0.458. The van der Waals surface area contributed by atoms with Crippen molar-refractivity contribution >= 4 is 0 Å². The maximum atomic E-state index is 8.83. The predicted octanol–water partition coefficient (Wildman–Crippen LogP) is 2.19. The first kappa shape index (κ1) is 10.9. The molecule has 1 heteroatoms. The molecule has 1 N–H and O–H groups in total. The van der Waals surface area contributed by atoms with Gasteiger partial charge in [-0.1, -0.05) is 20.8 Å². The van der Waals surface area contributed by atoms with Crippen LogP contribution in [0.15, 0.2) is 0 Å². The molecule has 0 unspecified atom stereocenters. The van der Waals surface area contributed by atoms with Gasteiger partial charge >= 0.3 is 0 Å². The highest BCUT2D eigenvalue weighted by Gasteiger charge is 2.05. The smallest absolute Gasteiger partial charge is 0.0589 e. The number of hydrogen-bond acceptors (Lipinski definition) is 1. The van der Waals surface area contributed by atoms with E-state index in [-0.39, 0.29) is 0 Å².